The van der Waals surface area contributed by atoms with Gasteiger partial charge in [-0.3, -0.25) is 0 Å². The molecule has 6 heteroatoms. The first-order valence-electron chi connectivity index (χ1n) is 18.1. The van der Waals surface area contributed by atoms with E-state index < -0.39 is 12.3 Å². The van der Waals surface area contributed by atoms with Crippen molar-refractivity contribution in [3.63, 3.8) is 0 Å². The summed E-state index contributed by atoms with van der Waals surface area (Å²) in [4.78, 5) is 36.1. The van der Waals surface area contributed by atoms with Crippen molar-refractivity contribution in [1.82, 2.24) is 0 Å². The highest BCUT2D eigenvalue weighted by Gasteiger charge is 2.42. The molecule has 2 unspecified atom stereocenters. The summed E-state index contributed by atoms with van der Waals surface area (Å²) >= 11 is 0. The van der Waals surface area contributed by atoms with Crippen LogP contribution in [0, 0.1) is 47.3 Å². The van der Waals surface area contributed by atoms with E-state index in [9.17, 15) is 9.59 Å². The van der Waals surface area contributed by atoms with E-state index in [0.29, 0.717) is 35.5 Å². The Hall–Kier alpha value is -1.46. The number of rotatable bonds is 10. The van der Waals surface area contributed by atoms with Gasteiger partial charge in [-0.1, -0.05) is 156 Å². The maximum absolute atomic E-state index is 13.0. The fourth-order valence-electron chi connectivity index (χ4n) is 9.57. The Kier molecular flexibility index (Phi) is 13.6. The lowest BCUT2D eigenvalue weighted by molar-refractivity contribution is -0.234. The maximum atomic E-state index is 13.0. The van der Waals surface area contributed by atoms with Crippen LogP contribution in [0.4, 0.5) is 9.59 Å². The van der Waals surface area contributed by atoms with E-state index in [1.54, 1.807) is 0 Å². The fourth-order valence-corrected chi connectivity index (χ4v) is 9.57. The van der Waals surface area contributed by atoms with Crippen molar-refractivity contribution in [3.05, 3.63) is 0 Å². The minimum Gasteiger partial charge on any atom is -0.428 e. The second-order valence-corrected chi connectivity index (χ2v) is 15.1. The summed E-state index contributed by atoms with van der Waals surface area (Å²) in [6.45, 7) is 8.54. The van der Waals surface area contributed by atoms with Crippen LogP contribution in [0.1, 0.15) is 156 Å². The molecule has 0 heterocycles. The summed E-state index contributed by atoms with van der Waals surface area (Å²) in [5.74, 6) is 3.31. The third-order valence-electron chi connectivity index (χ3n) is 11.5. The molecule has 0 aromatic carbocycles. The molecule has 0 saturated heterocycles. The number of carbonyl (C=O) groups excluding carboxylic acids is 2. The van der Waals surface area contributed by atoms with E-state index in [4.69, 9.17) is 19.2 Å². The van der Waals surface area contributed by atoms with Gasteiger partial charge in [0, 0.05) is 11.8 Å². The molecule has 4 aliphatic carbocycles. The van der Waals surface area contributed by atoms with Gasteiger partial charge in [0.05, 0.1) is 0 Å². The first-order valence-corrected chi connectivity index (χ1v) is 18.1. The van der Waals surface area contributed by atoms with Crippen LogP contribution >= 0.6 is 0 Å². The van der Waals surface area contributed by atoms with Crippen LogP contribution in [0.2, 0.25) is 0 Å². The van der Waals surface area contributed by atoms with E-state index in [0.717, 1.165) is 0 Å². The highest BCUT2D eigenvalue weighted by molar-refractivity contribution is 5.64. The average Bonchev–Trinajstić information content (AvgIpc) is 3.01. The van der Waals surface area contributed by atoms with Gasteiger partial charge in [-0.2, -0.15) is 19.4 Å². The SMILES string of the molecule is CC(C)C(OC(=O)OOC(=O)OC(C(C)C)C(C1CCCCC1)C1CCCCC1)C(C1CCCCC1)C1CCCCC1. The monoisotopic (exact) mass is 590 g/mol. The Morgan fingerprint density at radius 2 is 0.667 bits per heavy atom. The summed E-state index contributed by atoms with van der Waals surface area (Å²) in [5, 5.41) is 0. The van der Waals surface area contributed by atoms with E-state index >= 15 is 0 Å². The molecule has 4 rings (SSSR count). The number of ether oxygens (including phenoxy) is 2. The fraction of sp³-hybridized carbons (Fsp3) is 0.944. The van der Waals surface area contributed by atoms with Crippen molar-refractivity contribution >= 4 is 12.3 Å². The molecule has 4 saturated carbocycles. The van der Waals surface area contributed by atoms with Crippen LogP contribution in [-0.2, 0) is 19.2 Å². The minimum atomic E-state index is -0.917. The molecule has 0 radical (unpaired) electrons. The Balaban J connectivity index is 1.37. The van der Waals surface area contributed by atoms with Gasteiger partial charge < -0.3 is 9.47 Å². The van der Waals surface area contributed by atoms with Crippen molar-refractivity contribution < 1.29 is 28.8 Å². The second kappa shape index (κ2) is 17.1. The number of hydrogen-bond donors (Lipinski definition) is 0. The quantitative estimate of drug-likeness (QED) is 0.143. The molecule has 0 aromatic heterocycles. The zero-order valence-corrected chi connectivity index (χ0v) is 27.4. The summed E-state index contributed by atoms with van der Waals surface area (Å²) < 4.78 is 12.1. The molecule has 6 nitrogen and oxygen atoms in total. The van der Waals surface area contributed by atoms with Crippen LogP contribution in [0.3, 0.4) is 0 Å². The molecule has 2 atom stereocenters. The van der Waals surface area contributed by atoms with Crippen LogP contribution in [0.25, 0.3) is 0 Å². The van der Waals surface area contributed by atoms with Gasteiger partial charge in [0.15, 0.2) is 0 Å². The van der Waals surface area contributed by atoms with Crippen molar-refractivity contribution in [2.75, 3.05) is 0 Å². The van der Waals surface area contributed by atoms with Gasteiger partial charge in [-0.25, -0.2) is 0 Å². The predicted octanol–water partition coefficient (Wildman–Crippen LogP) is 10.8. The summed E-state index contributed by atoms with van der Waals surface area (Å²) in [7, 11) is 0. The van der Waals surface area contributed by atoms with Crippen LogP contribution in [0.15, 0.2) is 0 Å². The normalized spacial score (nSPS) is 23.7. The van der Waals surface area contributed by atoms with Gasteiger partial charge in [0.2, 0.25) is 0 Å². The minimum absolute atomic E-state index is 0.162. The molecule has 242 valence electrons. The average molecular weight is 591 g/mol. The van der Waals surface area contributed by atoms with Crippen LogP contribution in [-0.4, -0.2) is 24.5 Å². The predicted molar refractivity (Wildman–Crippen MR) is 166 cm³/mol. The highest BCUT2D eigenvalue weighted by Crippen LogP contribution is 2.45. The van der Waals surface area contributed by atoms with Gasteiger partial charge in [-0.05, 0) is 35.5 Å². The molecule has 0 aromatic rings. The maximum Gasteiger partial charge on any atom is 0.550 e. The molecule has 4 fully saturated rings. The molecule has 0 spiro atoms. The zero-order valence-electron chi connectivity index (χ0n) is 27.4. The van der Waals surface area contributed by atoms with Crippen LogP contribution < -0.4 is 0 Å². The van der Waals surface area contributed by atoms with E-state index in [-0.39, 0.29) is 24.0 Å². The van der Waals surface area contributed by atoms with Gasteiger partial charge in [-0.15, -0.1) is 0 Å². The molecule has 0 N–H and O–H groups in total. The lowest BCUT2D eigenvalue weighted by Gasteiger charge is -2.43. The summed E-state index contributed by atoms with van der Waals surface area (Å²) in [6.07, 6.45) is 22.7. The molecule has 0 amide bonds. The van der Waals surface area contributed by atoms with E-state index in [2.05, 4.69) is 27.7 Å². The van der Waals surface area contributed by atoms with Crippen molar-refractivity contribution in [1.29, 1.82) is 0 Å². The molecular formula is C36H62O6. The Morgan fingerprint density at radius 1 is 0.429 bits per heavy atom. The lowest BCUT2D eigenvalue weighted by Crippen LogP contribution is -2.43. The van der Waals surface area contributed by atoms with Crippen molar-refractivity contribution in [3.8, 4) is 0 Å². The smallest absolute Gasteiger partial charge is 0.428 e. The second-order valence-electron chi connectivity index (χ2n) is 15.1. The Labute approximate surface area is 256 Å². The third kappa shape index (κ3) is 9.52. The summed E-state index contributed by atoms with van der Waals surface area (Å²) in [5.41, 5.74) is 0. The largest absolute Gasteiger partial charge is 0.550 e. The zero-order chi connectivity index (χ0) is 29.9. The Morgan fingerprint density at radius 3 is 0.881 bits per heavy atom. The van der Waals surface area contributed by atoms with Gasteiger partial charge >= 0.3 is 12.3 Å². The van der Waals surface area contributed by atoms with Crippen LogP contribution in [0.5, 0.6) is 0 Å². The van der Waals surface area contributed by atoms with Gasteiger partial charge in [0.25, 0.3) is 0 Å². The van der Waals surface area contributed by atoms with Crippen molar-refractivity contribution in [2.24, 2.45) is 47.3 Å². The number of hydrogen-bond acceptors (Lipinski definition) is 6. The first kappa shape index (κ1) is 33.4. The summed E-state index contributed by atoms with van der Waals surface area (Å²) in [6, 6.07) is 0. The molecule has 0 bridgehead atoms. The molecular weight excluding hydrogens is 528 g/mol. The standard InChI is InChI=1S/C36H62O6/c1-25(2)33(31(27-17-9-5-10-18-27)28-19-11-6-12-20-28)39-35(37)41-42-36(38)40-34(26(3)4)32(29-21-13-7-14-22-29)30-23-15-8-16-24-30/h25-34H,5-24H2,1-4H3. The molecule has 4 aliphatic rings. The Bertz CT molecular complexity index is 685. The topological polar surface area (TPSA) is 71.1 Å². The molecule has 42 heavy (non-hydrogen) atoms. The molecule has 0 aliphatic heterocycles. The highest BCUT2D eigenvalue weighted by atomic mass is 17.3. The van der Waals surface area contributed by atoms with E-state index in [1.807, 2.05) is 0 Å². The van der Waals surface area contributed by atoms with Gasteiger partial charge in [0.1, 0.15) is 12.2 Å². The lowest BCUT2D eigenvalue weighted by atomic mass is 9.66. The number of carbonyl (C=O) groups is 2. The van der Waals surface area contributed by atoms with E-state index in [1.165, 1.54) is 128 Å². The first-order chi connectivity index (χ1) is 20.3. The third-order valence-corrected chi connectivity index (χ3v) is 11.5. The van der Waals surface area contributed by atoms with Crippen molar-refractivity contribution in [2.45, 2.75) is 168 Å².